The van der Waals surface area contributed by atoms with Crippen molar-refractivity contribution in [1.82, 2.24) is 0 Å². The van der Waals surface area contributed by atoms with Gasteiger partial charge in [0.25, 0.3) is 0 Å². The second kappa shape index (κ2) is 8.90. The maximum atomic E-state index is 9.89. The summed E-state index contributed by atoms with van der Waals surface area (Å²) in [5.74, 6) is 0. The first-order valence-corrected chi connectivity index (χ1v) is 6.78. The van der Waals surface area contributed by atoms with Gasteiger partial charge in [-0.2, -0.15) is 0 Å². The van der Waals surface area contributed by atoms with E-state index in [1.165, 1.54) is 25.7 Å². The monoisotopic (exact) mass is 246 g/mol. The van der Waals surface area contributed by atoms with Crippen LogP contribution in [0, 0.1) is 0 Å². The predicted molar refractivity (Wildman–Crippen MR) is 71.3 cm³/mol. The highest BCUT2D eigenvalue weighted by Crippen LogP contribution is 2.15. The third-order valence-corrected chi connectivity index (χ3v) is 3.33. The molecule has 0 aliphatic heterocycles. The molecule has 2 unspecified atom stereocenters. The van der Waals surface area contributed by atoms with E-state index in [1.807, 2.05) is 13.8 Å². The van der Waals surface area contributed by atoms with Crippen molar-refractivity contribution in [2.45, 2.75) is 77.6 Å². The Hall–Kier alpha value is -0.120. The lowest BCUT2D eigenvalue weighted by atomic mass is 10.0. The largest absolute Gasteiger partial charge is 0.388 e. The highest BCUT2D eigenvalue weighted by Gasteiger charge is 2.27. The molecule has 0 amide bonds. The molecule has 1 N–H and O–H groups in total. The van der Waals surface area contributed by atoms with E-state index in [1.54, 1.807) is 7.11 Å². The summed E-state index contributed by atoms with van der Waals surface area (Å²) in [6, 6.07) is 0. The summed E-state index contributed by atoms with van der Waals surface area (Å²) in [6.45, 7) is 8.36. The number of hydrogen-bond donors (Lipinski definition) is 1. The van der Waals surface area contributed by atoms with Gasteiger partial charge >= 0.3 is 0 Å². The fourth-order valence-electron chi connectivity index (χ4n) is 1.53. The number of aliphatic hydroxyl groups excluding tert-OH is 1. The highest BCUT2D eigenvalue weighted by molar-refractivity contribution is 4.78. The zero-order chi connectivity index (χ0) is 13.3. The SMILES string of the molecule is CCCCCCC(C)OCC(O)C(C)(C)OC. The van der Waals surface area contributed by atoms with E-state index in [4.69, 9.17) is 9.47 Å². The molecule has 0 aromatic carbocycles. The Labute approximate surface area is 107 Å². The van der Waals surface area contributed by atoms with E-state index in [9.17, 15) is 5.11 Å². The minimum Gasteiger partial charge on any atom is -0.388 e. The van der Waals surface area contributed by atoms with Crippen molar-refractivity contribution < 1.29 is 14.6 Å². The smallest absolute Gasteiger partial charge is 0.106 e. The molecule has 0 saturated carbocycles. The van der Waals surface area contributed by atoms with Gasteiger partial charge < -0.3 is 14.6 Å². The van der Waals surface area contributed by atoms with E-state index >= 15 is 0 Å². The maximum absolute atomic E-state index is 9.89. The molecule has 0 aliphatic carbocycles. The minimum atomic E-state index is -0.578. The Kier molecular flexibility index (Phi) is 8.83. The number of unbranched alkanes of at least 4 members (excludes halogenated alkanes) is 3. The van der Waals surface area contributed by atoms with Crippen LogP contribution in [0.25, 0.3) is 0 Å². The summed E-state index contributed by atoms with van der Waals surface area (Å²) in [5.41, 5.74) is -0.540. The summed E-state index contributed by atoms with van der Waals surface area (Å²) in [5, 5.41) is 9.89. The molecule has 0 heterocycles. The zero-order valence-corrected chi connectivity index (χ0v) is 12.2. The molecule has 0 aliphatic rings. The number of methoxy groups -OCH3 is 1. The third kappa shape index (κ3) is 7.74. The molecular formula is C14H30O3. The van der Waals surface area contributed by atoms with Crippen LogP contribution >= 0.6 is 0 Å². The van der Waals surface area contributed by atoms with Gasteiger partial charge in [-0.25, -0.2) is 0 Å². The second-order valence-electron chi connectivity index (χ2n) is 5.32. The van der Waals surface area contributed by atoms with Crippen LogP contribution in [0.1, 0.15) is 59.8 Å². The third-order valence-electron chi connectivity index (χ3n) is 3.33. The Bertz CT molecular complexity index is 180. The molecule has 17 heavy (non-hydrogen) atoms. The minimum absolute atomic E-state index is 0.217. The summed E-state index contributed by atoms with van der Waals surface area (Å²) < 4.78 is 10.9. The quantitative estimate of drug-likeness (QED) is 0.602. The van der Waals surface area contributed by atoms with E-state index < -0.39 is 11.7 Å². The fourth-order valence-corrected chi connectivity index (χ4v) is 1.53. The molecule has 0 bridgehead atoms. The van der Waals surface area contributed by atoms with Gasteiger partial charge in [0.1, 0.15) is 6.10 Å². The fraction of sp³-hybridized carbons (Fsp3) is 1.00. The lowest BCUT2D eigenvalue weighted by Crippen LogP contribution is -2.41. The Morgan fingerprint density at radius 1 is 1.18 bits per heavy atom. The van der Waals surface area contributed by atoms with Gasteiger partial charge in [-0.05, 0) is 27.2 Å². The van der Waals surface area contributed by atoms with Gasteiger partial charge in [-0.15, -0.1) is 0 Å². The Balaban J connectivity index is 3.65. The molecule has 3 nitrogen and oxygen atoms in total. The molecule has 0 aromatic rings. The zero-order valence-electron chi connectivity index (χ0n) is 12.2. The van der Waals surface area contributed by atoms with Crippen LogP contribution < -0.4 is 0 Å². The van der Waals surface area contributed by atoms with E-state index in [0.717, 1.165) is 6.42 Å². The second-order valence-corrected chi connectivity index (χ2v) is 5.32. The molecule has 0 spiro atoms. The molecule has 0 aromatic heterocycles. The topological polar surface area (TPSA) is 38.7 Å². The van der Waals surface area contributed by atoms with Crippen LogP contribution in [0.4, 0.5) is 0 Å². The average molecular weight is 246 g/mol. The van der Waals surface area contributed by atoms with Gasteiger partial charge in [0.05, 0.1) is 18.3 Å². The Morgan fingerprint density at radius 3 is 2.35 bits per heavy atom. The lowest BCUT2D eigenvalue weighted by molar-refractivity contribution is -0.116. The van der Waals surface area contributed by atoms with Crippen molar-refractivity contribution in [3.05, 3.63) is 0 Å². The van der Waals surface area contributed by atoms with Crippen LogP contribution in [0.2, 0.25) is 0 Å². The van der Waals surface area contributed by atoms with Crippen LogP contribution in [0.15, 0.2) is 0 Å². The molecule has 2 atom stereocenters. The first-order chi connectivity index (χ1) is 7.94. The van der Waals surface area contributed by atoms with Crippen molar-refractivity contribution in [3.63, 3.8) is 0 Å². The lowest BCUT2D eigenvalue weighted by Gasteiger charge is -2.29. The van der Waals surface area contributed by atoms with Crippen molar-refractivity contribution in [2.75, 3.05) is 13.7 Å². The van der Waals surface area contributed by atoms with Crippen LogP contribution in [0.5, 0.6) is 0 Å². The van der Waals surface area contributed by atoms with E-state index in [-0.39, 0.29) is 6.10 Å². The summed E-state index contributed by atoms with van der Waals surface area (Å²) >= 11 is 0. The van der Waals surface area contributed by atoms with Gasteiger partial charge in [0, 0.05) is 7.11 Å². The van der Waals surface area contributed by atoms with Crippen LogP contribution in [0.3, 0.4) is 0 Å². The molecule has 104 valence electrons. The van der Waals surface area contributed by atoms with E-state index in [2.05, 4.69) is 13.8 Å². The number of aliphatic hydroxyl groups is 1. The number of rotatable bonds is 10. The van der Waals surface area contributed by atoms with Gasteiger partial charge in [-0.3, -0.25) is 0 Å². The van der Waals surface area contributed by atoms with Crippen molar-refractivity contribution in [1.29, 1.82) is 0 Å². The summed E-state index contributed by atoms with van der Waals surface area (Å²) in [6.07, 6.45) is 5.75. The Morgan fingerprint density at radius 2 is 1.82 bits per heavy atom. The van der Waals surface area contributed by atoms with Crippen LogP contribution in [-0.4, -0.2) is 36.6 Å². The normalized spacial score (nSPS) is 15.9. The standard InChI is InChI=1S/C14H30O3/c1-6-7-8-9-10-12(2)17-11-13(15)14(3,4)16-5/h12-13,15H,6-11H2,1-5H3. The summed E-state index contributed by atoms with van der Waals surface area (Å²) in [4.78, 5) is 0. The maximum Gasteiger partial charge on any atom is 0.106 e. The van der Waals surface area contributed by atoms with Crippen molar-refractivity contribution >= 4 is 0 Å². The molecule has 0 saturated heterocycles. The number of ether oxygens (including phenoxy) is 2. The van der Waals surface area contributed by atoms with Gasteiger partial charge in [0.15, 0.2) is 0 Å². The van der Waals surface area contributed by atoms with Gasteiger partial charge in [0.2, 0.25) is 0 Å². The molecule has 3 heteroatoms. The number of hydrogen-bond acceptors (Lipinski definition) is 3. The van der Waals surface area contributed by atoms with Crippen molar-refractivity contribution in [2.24, 2.45) is 0 Å². The first-order valence-electron chi connectivity index (χ1n) is 6.78. The summed E-state index contributed by atoms with van der Waals surface area (Å²) in [7, 11) is 1.61. The highest BCUT2D eigenvalue weighted by atomic mass is 16.5. The average Bonchev–Trinajstić information content (AvgIpc) is 2.31. The molecule has 0 fully saturated rings. The first kappa shape index (κ1) is 16.9. The predicted octanol–water partition coefficient (Wildman–Crippen LogP) is 3.15. The van der Waals surface area contributed by atoms with Gasteiger partial charge in [-0.1, -0.05) is 32.6 Å². The van der Waals surface area contributed by atoms with E-state index in [0.29, 0.717) is 6.61 Å². The molecule has 0 rings (SSSR count). The van der Waals surface area contributed by atoms with Crippen molar-refractivity contribution in [3.8, 4) is 0 Å². The molecular weight excluding hydrogens is 216 g/mol. The molecule has 0 radical (unpaired) electrons. The van der Waals surface area contributed by atoms with Crippen LogP contribution in [-0.2, 0) is 9.47 Å².